The molecule has 0 N–H and O–H groups in total. The predicted molar refractivity (Wildman–Crippen MR) is 110 cm³/mol. The summed E-state index contributed by atoms with van der Waals surface area (Å²) in [7, 11) is 1.46. The summed E-state index contributed by atoms with van der Waals surface area (Å²) >= 11 is 0. The number of rotatable bonds is 1. The quantitative estimate of drug-likeness (QED) is 0.470. The molecule has 0 aromatic carbocycles. The highest BCUT2D eigenvalue weighted by Crippen LogP contribution is 2.78. The number of hydrogen-bond acceptors (Lipinski definition) is 6. The Bertz CT molecular complexity index is 923. The number of allylic oxidation sites excluding steroid dienone is 1. The average molecular weight is 429 g/mol. The van der Waals surface area contributed by atoms with E-state index >= 15 is 0 Å². The second-order valence-corrected chi connectivity index (χ2v) is 11.4. The monoisotopic (exact) mass is 428 g/mol. The fourth-order valence-electron chi connectivity index (χ4n) is 8.83. The standard InChI is InChI=1S/C25H32O6/c1-14-10-18-25(30-18)20(24(14)9-8-23(13-24)7-5-19(27)31-23)17(21(28)29-3)12-15-11-16(26)4-6-22(15,25)2/h11,14,17-18,20H,4-10,12-13H2,1-3H3. The molecule has 0 bridgehead atoms. The first-order chi connectivity index (χ1) is 14.7. The van der Waals surface area contributed by atoms with Gasteiger partial charge < -0.3 is 14.2 Å². The van der Waals surface area contributed by atoms with Crippen LogP contribution >= 0.6 is 0 Å². The van der Waals surface area contributed by atoms with Crippen LogP contribution in [0.2, 0.25) is 0 Å². The van der Waals surface area contributed by atoms with Gasteiger partial charge in [-0.2, -0.15) is 0 Å². The summed E-state index contributed by atoms with van der Waals surface area (Å²) in [5.41, 5.74) is -0.0727. The van der Waals surface area contributed by atoms with Crippen LogP contribution in [0.15, 0.2) is 11.6 Å². The molecule has 0 aromatic heterocycles. The van der Waals surface area contributed by atoms with E-state index in [1.165, 1.54) is 7.11 Å². The molecule has 3 saturated carbocycles. The summed E-state index contributed by atoms with van der Waals surface area (Å²) in [5, 5.41) is 0. The second-order valence-electron chi connectivity index (χ2n) is 11.4. The van der Waals surface area contributed by atoms with Crippen LogP contribution in [0.3, 0.4) is 0 Å². The van der Waals surface area contributed by atoms with E-state index in [-0.39, 0.29) is 52.1 Å². The van der Waals surface area contributed by atoms with Gasteiger partial charge in [0, 0.05) is 24.2 Å². The maximum absolute atomic E-state index is 13.2. The van der Waals surface area contributed by atoms with Gasteiger partial charge in [-0.25, -0.2) is 0 Å². The van der Waals surface area contributed by atoms with Gasteiger partial charge in [0.1, 0.15) is 11.2 Å². The van der Waals surface area contributed by atoms with Crippen molar-refractivity contribution in [3.05, 3.63) is 11.6 Å². The van der Waals surface area contributed by atoms with Gasteiger partial charge in [-0.05, 0) is 62.4 Å². The molecule has 5 fully saturated rings. The fraction of sp³-hybridized carbons (Fsp3) is 0.800. The largest absolute Gasteiger partial charge is 0.469 e. The van der Waals surface area contributed by atoms with E-state index in [1.807, 2.05) is 0 Å². The van der Waals surface area contributed by atoms with Gasteiger partial charge in [-0.15, -0.1) is 0 Å². The van der Waals surface area contributed by atoms with Crippen molar-refractivity contribution in [1.82, 2.24) is 0 Å². The Kier molecular flexibility index (Phi) is 3.86. The van der Waals surface area contributed by atoms with Crippen molar-refractivity contribution in [3.8, 4) is 0 Å². The Morgan fingerprint density at radius 1 is 1.16 bits per heavy atom. The van der Waals surface area contributed by atoms with E-state index in [0.29, 0.717) is 25.2 Å². The van der Waals surface area contributed by atoms with E-state index in [2.05, 4.69) is 13.8 Å². The molecule has 8 unspecified atom stereocenters. The van der Waals surface area contributed by atoms with Gasteiger partial charge in [0.05, 0.1) is 19.1 Å². The van der Waals surface area contributed by atoms with Crippen LogP contribution < -0.4 is 0 Å². The normalized spacial score (nSPS) is 52.3. The fourth-order valence-corrected chi connectivity index (χ4v) is 8.83. The molecule has 0 aromatic rings. The molecule has 0 amide bonds. The third-order valence-electron chi connectivity index (χ3n) is 10.3. The number of epoxide rings is 1. The lowest BCUT2D eigenvalue weighted by molar-refractivity contribution is -0.165. The molecule has 2 saturated heterocycles. The van der Waals surface area contributed by atoms with Crippen LogP contribution in [-0.4, -0.2) is 42.1 Å². The Morgan fingerprint density at radius 2 is 1.97 bits per heavy atom. The van der Waals surface area contributed by atoms with Crippen molar-refractivity contribution in [2.75, 3.05) is 7.11 Å². The van der Waals surface area contributed by atoms with E-state index in [9.17, 15) is 14.4 Å². The van der Waals surface area contributed by atoms with Crippen LogP contribution in [0.1, 0.15) is 71.6 Å². The number of hydrogen-bond donors (Lipinski definition) is 0. The highest BCUT2D eigenvalue weighted by atomic mass is 16.6. The maximum Gasteiger partial charge on any atom is 0.309 e. The molecule has 0 radical (unpaired) electrons. The lowest BCUT2D eigenvalue weighted by Crippen LogP contribution is -2.63. The van der Waals surface area contributed by atoms with Crippen LogP contribution in [0.25, 0.3) is 0 Å². The Hall–Kier alpha value is -1.69. The van der Waals surface area contributed by atoms with Crippen molar-refractivity contribution in [1.29, 1.82) is 0 Å². The molecule has 6 aliphatic rings. The number of ketones is 1. The Labute approximate surface area is 183 Å². The number of carbonyl (C=O) groups is 3. The first-order valence-corrected chi connectivity index (χ1v) is 11.9. The summed E-state index contributed by atoms with van der Waals surface area (Å²) in [4.78, 5) is 37.5. The highest BCUT2D eigenvalue weighted by molar-refractivity contribution is 5.92. The van der Waals surface area contributed by atoms with Gasteiger partial charge in [-0.1, -0.05) is 19.4 Å². The molecule has 6 nitrogen and oxygen atoms in total. The minimum absolute atomic E-state index is 0.0234. The number of fused-ring (bicyclic) bond motifs is 2. The molecule has 6 heteroatoms. The lowest BCUT2D eigenvalue weighted by Gasteiger charge is -2.60. The van der Waals surface area contributed by atoms with Crippen LogP contribution in [0.4, 0.5) is 0 Å². The molecule has 4 aliphatic carbocycles. The molecule has 8 atom stereocenters. The summed E-state index contributed by atoms with van der Waals surface area (Å²) in [6.45, 7) is 4.56. The van der Waals surface area contributed by atoms with Gasteiger partial charge in [0.2, 0.25) is 0 Å². The molecular formula is C25H32O6. The zero-order valence-corrected chi connectivity index (χ0v) is 18.7. The Morgan fingerprint density at radius 3 is 2.68 bits per heavy atom. The lowest BCUT2D eigenvalue weighted by atomic mass is 9.42. The van der Waals surface area contributed by atoms with Crippen molar-refractivity contribution >= 4 is 17.7 Å². The van der Waals surface area contributed by atoms with E-state index in [4.69, 9.17) is 14.2 Å². The van der Waals surface area contributed by atoms with E-state index in [1.54, 1.807) is 6.08 Å². The molecule has 3 spiro atoms. The number of esters is 2. The number of methoxy groups -OCH3 is 1. The maximum atomic E-state index is 13.2. The summed E-state index contributed by atoms with van der Waals surface area (Å²) in [5.74, 6) is -0.0576. The highest BCUT2D eigenvalue weighted by Gasteiger charge is 2.82. The third kappa shape index (κ3) is 2.30. The van der Waals surface area contributed by atoms with E-state index < -0.39 is 5.60 Å². The average Bonchev–Trinajstić information content (AvgIpc) is 3.16. The molecule has 168 valence electrons. The summed E-state index contributed by atoms with van der Waals surface area (Å²) in [6.07, 6.45) is 8.67. The first-order valence-electron chi connectivity index (χ1n) is 11.9. The van der Waals surface area contributed by atoms with E-state index in [0.717, 1.165) is 44.1 Å². The number of ether oxygens (including phenoxy) is 3. The third-order valence-corrected chi connectivity index (χ3v) is 10.3. The van der Waals surface area contributed by atoms with Crippen LogP contribution in [0.5, 0.6) is 0 Å². The summed E-state index contributed by atoms with van der Waals surface area (Å²) < 4.78 is 17.9. The number of carbonyl (C=O) groups excluding carboxylic acids is 3. The molecule has 2 aliphatic heterocycles. The second kappa shape index (κ2) is 6.00. The molecular weight excluding hydrogens is 396 g/mol. The van der Waals surface area contributed by atoms with Crippen molar-refractivity contribution in [3.63, 3.8) is 0 Å². The smallest absolute Gasteiger partial charge is 0.309 e. The van der Waals surface area contributed by atoms with Gasteiger partial charge in [0.15, 0.2) is 5.78 Å². The summed E-state index contributed by atoms with van der Waals surface area (Å²) in [6, 6.07) is 0. The van der Waals surface area contributed by atoms with Gasteiger partial charge in [0.25, 0.3) is 0 Å². The zero-order chi connectivity index (χ0) is 21.8. The van der Waals surface area contributed by atoms with Crippen LogP contribution in [-0.2, 0) is 28.6 Å². The van der Waals surface area contributed by atoms with Crippen molar-refractivity contribution in [2.24, 2.45) is 28.6 Å². The van der Waals surface area contributed by atoms with Gasteiger partial charge >= 0.3 is 11.9 Å². The minimum atomic E-state index is -0.419. The SMILES string of the molecule is COC(=O)C1CC2=CC(=O)CCC2(C)C23OC2CC(C)C2(CCC4(CCC(=O)O4)C2)C13. The molecule has 2 heterocycles. The van der Waals surface area contributed by atoms with Crippen molar-refractivity contribution < 1.29 is 28.6 Å². The molecule has 6 rings (SSSR count). The first kappa shape index (κ1) is 20.0. The Balaban J connectivity index is 1.50. The predicted octanol–water partition coefficient (Wildman–Crippen LogP) is 3.51. The van der Waals surface area contributed by atoms with Gasteiger partial charge in [-0.3, -0.25) is 14.4 Å². The molecule has 31 heavy (non-hydrogen) atoms. The van der Waals surface area contributed by atoms with Crippen molar-refractivity contribution in [2.45, 2.75) is 88.9 Å². The van der Waals surface area contributed by atoms with Crippen LogP contribution in [0, 0.1) is 28.6 Å². The topological polar surface area (TPSA) is 82.2 Å². The minimum Gasteiger partial charge on any atom is -0.469 e. The zero-order valence-electron chi connectivity index (χ0n) is 18.7.